The van der Waals surface area contributed by atoms with Crippen LogP contribution in [0.3, 0.4) is 0 Å². The monoisotopic (exact) mass is 494 g/mol. The molecule has 0 saturated carbocycles. The van der Waals surface area contributed by atoms with Crippen molar-refractivity contribution in [2.75, 3.05) is 13.2 Å². The second kappa shape index (κ2) is 10.6. The van der Waals surface area contributed by atoms with Gasteiger partial charge < -0.3 is 19.2 Å². The van der Waals surface area contributed by atoms with Crippen molar-refractivity contribution in [2.24, 2.45) is 0 Å². The number of H-pyrrole nitrogens is 1. The molecule has 31 heavy (non-hydrogen) atoms. The number of aromatic amines is 1. The van der Waals surface area contributed by atoms with Gasteiger partial charge in [-0.25, -0.2) is 9.97 Å². The number of rotatable bonds is 9. The predicted molar refractivity (Wildman–Crippen MR) is 112 cm³/mol. The summed E-state index contributed by atoms with van der Waals surface area (Å²) < 4.78 is 16.1. The van der Waals surface area contributed by atoms with Crippen LogP contribution in [0, 0.1) is 0 Å². The van der Waals surface area contributed by atoms with Crippen molar-refractivity contribution in [2.45, 2.75) is 54.6 Å². The molecule has 0 spiro atoms. The number of carbonyl (C=O) groups excluding carboxylic acids is 2. The van der Waals surface area contributed by atoms with Crippen LogP contribution in [-0.4, -0.2) is 54.6 Å². The van der Waals surface area contributed by atoms with Crippen LogP contribution in [0.5, 0.6) is 0 Å². The molecule has 0 unspecified atom stereocenters. The molecule has 0 bridgehead atoms. The number of hydrogen-bond acceptors (Lipinski definition) is 8. The average Bonchev–Trinajstić information content (AvgIpc) is 3.35. The minimum absolute atomic E-state index is 0.122. The van der Waals surface area contributed by atoms with Gasteiger partial charge in [0.2, 0.25) is 3.79 Å². The molecule has 2 aromatic rings. The fourth-order valence-electron chi connectivity index (χ4n) is 3.12. The van der Waals surface area contributed by atoms with E-state index < -0.39 is 9.76 Å². The minimum Gasteiger partial charge on any atom is -0.463 e. The number of fused-ring (bicyclic) bond motifs is 1. The van der Waals surface area contributed by atoms with Crippen LogP contribution >= 0.6 is 34.8 Å². The molecule has 2 aromatic heterocycles. The van der Waals surface area contributed by atoms with Crippen LogP contribution in [0.1, 0.15) is 44.8 Å². The van der Waals surface area contributed by atoms with Crippen molar-refractivity contribution in [3.63, 3.8) is 0 Å². The molecule has 1 aliphatic rings. The highest BCUT2D eigenvalue weighted by atomic mass is 35.6. The Morgan fingerprint density at radius 3 is 2.58 bits per heavy atom. The molecule has 0 radical (unpaired) electrons. The van der Waals surface area contributed by atoms with Gasteiger partial charge in [0.05, 0.1) is 18.8 Å². The van der Waals surface area contributed by atoms with Gasteiger partial charge in [-0.1, -0.05) is 34.8 Å². The average molecular weight is 496 g/mol. The Balaban J connectivity index is 1.34. The highest BCUT2D eigenvalue weighted by Crippen LogP contribution is 2.30. The molecule has 1 saturated heterocycles. The number of unbranched alkanes of at least 4 members (excludes halogenated alkanes) is 1. The largest absolute Gasteiger partial charge is 0.463 e. The fourth-order valence-corrected chi connectivity index (χ4v) is 3.28. The maximum absolute atomic E-state index is 11.9. The van der Waals surface area contributed by atoms with Crippen LogP contribution in [0.2, 0.25) is 0 Å². The lowest BCUT2D eigenvalue weighted by Crippen LogP contribution is -2.19. The van der Waals surface area contributed by atoms with Crippen molar-refractivity contribution < 1.29 is 23.8 Å². The molecule has 1 fully saturated rings. The summed E-state index contributed by atoms with van der Waals surface area (Å²) in [5.41, 5.74) is 0.377. The SMILES string of the molecule is O=C(CCCCC(=O)OCC(Cl)(Cl)Cl)OC[C@@H]1CC[C@H](n2cnc3c(=O)[nH]cnc32)O1. The first-order valence-corrected chi connectivity index (χ1v) is 10.8. The molecule has 0 amide bonds. The van der Waals surface area contributed by atoms with Gasteiger partial charge in [-0.3, -0.25) is 19.0 Å². The van der Waals surface area contributed by atoms with Crippen LogP contribution in [0.15, 0.2) is 17.4 Å². The Bertz CT molecular complexity index is 973. The summed E-state index contributed by atoms with van der Waals surface area (Å²) in [4.78, 5) is 45.9. The Morgan fingerprint density at radius 2 is 1.87 bits per heavy atom. The number of hydrogen-bond donors (Lipinski definition) is 1. The molecule has 2 atom stereocenters. The molecule has 3 rings (SSSR count). The number of nitrogens with one attached hydrogen (secondary N) is 1. The van der Waals surface area contributed by atoms with Gasteiger partial charge in [0.25, 0.3) is 5.56 Å². The van der Waals surface area contributed by atoms with E-state index in [9.17, 15) is 14.4 Å². The zero-order valence-electron chi connectivity index (χ0n) is 16.4. The predicted octanol–water partition coefficient (Wildman–Crippen LogP) is 2.81. The Hall–Kier alpha value is -1.88. The molecule has 0 aromatic carbocycles. The smallest absolute Gasteiger partial charge is 0.305 e. The lowest BCUT2D eigenvalue weighted by Gasteiger charge is -2.15. The van der Waals surface area contributed by atoms with Crippen molar-refractivity contribution in [3.8, 4) is 0 Å². The van der Waals surface area contributed by atoms with Crippen LogP contribution in [-0.2, 0) is 23.8 Å². The molecule has 10 nitrogen and oxygen atoms in total. The maximum atomic E-state index is 11.9. The third-order valence-electron chi connectivity index (χ3n) is 4.60. The summed E-state index contributed by atoms with van der Waals surface area (Å²) in [5, 5.41) is 0. The summed E-state index contributed by atoms with van der Waals surface area (Å²) in [6.07, 6.45) is 4.83. The summed E-state index contributed by atoms with van der Waals surface area (Å²) in [7, 11) is 0. The first kappa shape index (κ1) is 23.8. The van der Waals surface area contributed by atoms with E-state index in [0.29, 0.717) is 31.3 Å². The fraction of sp³-hybridized carbons (Fsp3) is 0.611. The Labute approximate surface area is 192 Å². The topological polar surface area (TPSA) is 125 Å². The van der Waals surface area contributed by atoms with E-state index >= 15 is 0 Å². The zero-order valence-corrected chi connectivity index (χ0v) is 18.7. The van der Waals surface area contributed by atoms with Gasteiger partial charge in [-0.15, -0.1) is 0 Å². The Morgan fingerprint density at radius 1 is 1.16 bits per heavy atom. The van der Waals surface area contributed by atoms with E-state index in [1.54, 1.807) is 4.57 Å². The normalized spacial score (nSPS) is 18.9. The van der Waals surface area contributed by atoms with Crippen LogP contribution in [0.4, 0.5) is 0 Å². The lowest BCUT2D eigenvalue weighted by molar-refractivity contribution is -0.149. The summed E-state index contributed by atoms with van der Waals surface area (Å²) in [5.74, 6) is -0.864. The van der Waals surface area contributed by atoms with Crippen molar-refractivity contribution >= 4 is 57.9 Å². The van der Waals surface area contributed by atoms with E-state index in [2.05, 4.69) is 15.0 Å². The van der Waals surface area contributed by atoms with Gasteiger partial charge in [0.15, 0.2) is 11.2 Å². The van der Waals surface area contributed by atoms with Crippen LogP contribution in [0.25, 0.3) is 11.2 Å². The minimum atomic E-state index is -1.64. The van der Waals surface area contributed by atoms with Gasteiger partial charge in [0, 0.05) is 12.8 Å². The van der Waals surface area contributed by atoms with E-state index in [1.165, 1.54) is 12.7 Å². The number of nitrogens with zero attached hydrogens (tertiary/aromatic N) is 3. The molecular formula is C18H21Cl3N4O6. The first-order chi connectivity index (χ1) is 14.7. The highest BCUT2D eigenvalue weighted by molar-refractivity contribution is 6.67. The maximum Gasteiger partial charge on any atom is 0.305 e. The molecule has 1 aliphatic heterocycles. The third-order valence-corrected chi connectivity index (χ3v) is 4.93. The van der Waals surface area contributed by atoms with E-state index in [1.807, 2.05) is 0 Å². The third kappa shape index (κ3) is 7.06. The number of halogens is 3. The standard InChI is InChI=1S/C18H21Cl3N4O6/c19-18(20,21)8-30-14(27)4-2-1-3-13(26)29-7-11-5-6-12(31-11)25-10-24-15-16(25)22-9-23-17(15)28/h9-12H,1-8H2,(H,22,23,28)/t11-,12+/m0/s1. The number of ether oxygens (including phenoxy) is 3. The summed E-state index contributed by atoms with van der Waals surface area (Å²) in [6.45, 7) is -0.191. The van der Waals surface area contributed by atoms with Gasteiger partial charge in [-0.2, -0.15) is 0 Å². The van der Waals surface area contributed by atoms with Crippen LogP contribution < -0.4 is 5.56 Å². The van der Waals surface area contributed by atoms with Crippen molar-refractivity contribution in [1.82, 2.24) is 19.5 Å². The number of esters is 2. The van der Waals surface area contributed by atoms with Crippen molar-refractivity contribution in [1.29, 1.82) is 0 Å². The molecule has 0 aliphatic carbocycles. The number of carbonyl (C=O) groups is 2. The summed E-state index contributed by atoms with van der Waals surface area (Å²) in [6, 6.07) is 0. The van der Waals surface area contributed by atoms with E-state index in [-0.39, 0.29) is 55.4 Å². The zero-order chi connectivity index (χ0) is 22.4. The molecule has 13 heteroatoms. The van der Waals surface area contributed by atoms with Gasteiger partial charge in [0.1, 0.15) is 19.4 Å². The van der Waals surface area contributed by atoms with E-state index in [4.69, 9.17) is 49.0 Å². The highest BCUT2D eigenvalue weighted by Gasteiger charge is 2.29. The number of alkyl halides is 3. The summed E-state index contributed by atoms with van der Waals surface area (Å²) >= 11 is 16.5. The molecule has 1 N–H and O–H groups in total. The molecular weight excluding hydrogens is 475 g/mol. The lowest BCUT2D eigenvalue weighted by atomic mass is 10.2. The quantitative estimate of drug-likeness (QED) is 0.320. The first-order valence-electron chi connectivity index (χ1n) is 9.66. The molecule has 3 heterocycles. The number of imidazole rings is 1. The molecule has 170 valence electrons. The Kier molecular flexibility index (Phi) is 8.15. The van der Waals surface area contributed by atoms with E-state index in [0.717, 1.165) is 0 Å². The van der Waals surface area contributed by atoms with Crippen molar-refractivity contribution in [3.05, 3.63) is 23.0 Å². The number of aromatic nitrogens is 4. The van der Waals surface area contributed by atoms with Gasteiger partial charge >= 0.3 is 11.9 Å². The van der Waals surface area contributed by atoms with Gasteiger partial charge in [-0.05, 0) is 25.7 Å². The second-order valence-electron chi connectivity index (χ2n) is 7.01. The second-order valence-corrected chi connectivity index (χ2v) is 9.53.